The lowest BCUT2D eigenvalue weighted by atomic mass is 9.88. The van der Waals surface area contributed by atoms with Gasteiger partial charge in [-0.1, -0.05) is 23.7 Å². The molecule has 27 heavy (non-hydrogen) atoms. The van der Waals surface area contributed by atoms with E-state index in [0.717, 1.165) is 54.6 Å². The number of aromatic nitrogens is 3. The molecule has 4 rings (SSSR count). The molecule has 1 aliphatic heterocycles. The predicted octanol–water partition coefficient (Wildman–Crippen LogP) is 3.78. The maximum atomic E-state index is 6.20. The van der Waals surface area contributed by atoms with E-state index in [0.29, 0.717) is 16.6 Å². The van der Waals surface area contributed by atoms with Crippen molar-refractivity contribution in [1.29, 1.82) is 0 Å². The van der Waals surface area contributed by atoms with E-state index in [2.05, 4.69) is 25.7 Å². The molecule has 7 heteroatoms. The van der Waals surface area contributed by atoms with Crippen LogP contribution in [0.2, 0.25) is 5.02 Å². The molecule has 0 saturated carbocycles. The summed E-state index contributed by atoms with van der Waals surface area (Å²) in [6, 6.07) is 13.7. The average molecular weight is 383 g/mol. The highest BCUT2D eigenvalue weighted by molar-refractivity contribution is 6.30. The first kappa shape index (κ1) is 17.7. The summed E-state index contributed by atoms with van der Waals surface area (Å²) in [6.45, 7) is 3.75. The van der Waals surface area contributed by atoms with Crippen LogP contribution in [0.1, 0.15) is 30.1 Å². The van der Waals surface area contributed by atoms with Gasteiger partial charge in [0.05, 0.1) is 17.1 Å². The Kier molecular flexibility index (Phi) is 4.66. The van der Waals surface area contributed by atoms with E-state index in [1.54, 1.807) is 0 Å². The van der Waals surface area contributed by atoms with E-state index in [1.165, 1.54) is 0 Å². The third-order valence-corrected chi connectivity index (χ3v) is 5.54. The molecule has 1 aliphatic rings. The lowest BCUT2D eigenvalue weighted by Crippen LogP contribution is -2.35. The molecular formula is C20H23ClN6. The smallest absolute Gasteiger partial charge is 0.231 e. The minimum atomic E-state index is 0.415. The fraction of sp³-hybridized carbons (Fsp3) is 0.300. The molecule has 3 aromatic rings. The van der Waals surface area contributed by atoms with Crippen LogP contribution in [0.4, 0.5) is 17.3 Å². The van der Waals surface area contributed by atoms with E-state index in [9.17, 15) is 0 Å². The summed E-state index contributed by atoms with van der Waals surface area (Å²) in [4.78, 5) is 2.29. The van der Waals surface area contributed by atoms with Gasteiger partial charge in [-0.2, -0.15) is 0 Å². The Morgan fingerprint density at radius 3 is 2.41 bits per heavy atom. The normalized spacial score (nSPS) is 15.3. The number of hydrogen-bond acceptors (Lipinski definition) is 5. The summed E-state index contributed by atoms with van der Waals surface area (Å²) < 4.78 is 2.07. The number of nitrogens with zero attached hydrogens (tertiary/aromatic N) is 4. The van der Waals surface area contributed by atoms with Crippen molar-refractivity contribution in [1.82, 2.24) is 14.8 Å². The first-order valence-corrected chi connectivity index (χ1v) is 9.49. The lowest BCUT2D eigenvalue weighted by molar-refractivity contribution is 0.498. The Labute approximate surface area is 163 Å². The van der Waals surface area contributed by atoms with Gasteiger partial charge >= 0.3 is 0 Å². The van der Waals surface area contributed by atoms with Gasteiger partial charge in [-0.3, -0.25) is 4.57 Å². The molecule has 2 aromatic carbocycles. The van der Waals surface area contributed by atoms with Crippen LogP contribution in [-0.2, 0) is 0 Å². The summed E-state index contributed by atoms with van der Waals surface area (Å²) in [5.74, 6) is 2.14. The SMILES string of the molecule is Cc1nnc(N2CCC(c3cccc(N)c3N)CC2)n1-c1ccc(Cl)cc1. The molecule has 0 aliphatic carbocycles. The second-order valence-electron chi connectivity index (χ2n) is 6.97. The van der Waals surface area contributed by atoms with Crippen molar-refractivity contribution >= 4 is 28.9 Å². The standard InChI is InChI=1S/C20H23ClN6/c1-13-24-25-20(27(13)16-7-5-15(21)6-8-16)26-11-9-14(10-12-26)17-3-2-4-18(22)19(17)23/h2-8,14H,9-12,22-23H2,1H3. The monoisotopic (exact) mass is 382 g/mol. The van der Waals surface area contributed by atoms with Crippen molar-refractivity contribution in [3.8, 4) is 5.69 Å². The Balaban J connectivity index is 1.55. The molecule has 0 amide bonds. The summed E-state index contributed by atoms with van der Waals surface area (Å²) >= 11 is 6.03. The molecule has 0 bridgehead atoms. The fourth-order valence-electron chi connectivity index (χ4n) is 3.80. The maximum absolute atomic E-state index is 6.20. The van der Waals surface area contributed by atoms with Crippen molar-refractivity contribution in [2.45, 2.75) is 25.7 Å². The molecule has 0 atom stereocenters. The number of hydrogen-bond donors (Lipinski definition) is 2. The van der Waals surface area contributed by atoms with Gasteiger partial charge < -0.3 is 16.4 Å². The number of anilines is 3. The van der Waals surface area contributed by atoms with Gasteiger partial charge in [0.1, 0.15) is 5.82 Å². The number of piperidine rings is 1. The first-order valence-electron chi connectivity index (χ1n) is 9.11. The van der Waals surface area contributed by atoms with Crippen LogP contribution in [0.15, 0.2) is 42.5 Å². The number of nitrogen functional groups attached to an aromatic ring is 2. The highest BCUT2D eigenvalue weighted by atomic mass is 35.5. The molecule has 140 valence electrons. The van der Waals surface area contributed by atoms with Crippen LogP contribution < -0.4 is 16.4 Å². The number of aryl methyl sites for hydroxylation is 1. The topological polar surface area (TPSA) is 86.0 Å². The third kappa shape index (κ3) is 3.32. The van der Waals surface area contributed by atoms with Crippen molar-refractivity contribution in [2.24, 2.45) is 0 Å². The van der Waals surface area contributed by atoms with Gasteiger partial charge in [0.15, 0.2) is 0 Å². The van der Waals surface area contributed by atoms with Gasteiger partial charge in [0, 0.05) is 18.1 Å². The summed E-state index contributed by atoms with van der Waals surface area (Å²) in [6.07, 6.45) is 2.00. The highest BCUT2D eigenvalue weighted by Crippen LogP contribution is 2.35. The Morgan fingerprint density at radius 1 is 1.00 bits per heavy atom. The highest BCUT2D eigenvalue weighted by Gasteiger charge is 2.26. The fourth-order valence-corrected chi connectivity index (χ4v) is 3.92. The third-order valence-electron chi connectivity index (χ3n) is 5.28. The van der Waals surface area contributed by atoms with Gasteiger partial charge in [-0.25, -0.2) is 0 Å². The minimum Gasteiger partial charge on any atom is -0.397 e. The molecule has 0 unspecified atom stereocenters. The van der Waals surface area contributed by atoms with Crippen LogP contribution in [0.25, 0.3) is 5.69 Å². The van der Waals surface area contributed by atoms with E-state index in [-0.39, 0.29) is 0 Å². The van der Waals surface area contributed by atoms with E-state index >= 15 is 0 Å². The van der Waals surface area contributed by atoms with Gasteiger partial charge in [0.25, 0.3) is 0 Å². The Bertz CT molecular complexity index is 942. The largest absolute Gasteiger partial charge is 0.397 e. The quantitative estimate of drug-likeness (QED) is 0.673. The number of halogens is 1. The van der Waals surface area contributed by atoms with Crippen molar-refractivity contribution in [2.75, 3.05) is 29.5 Å². The second-order valence-corrected chi connectivity index (χ2v) is 7.41. The molecule has 1 fully saturated rings. The second kappa shape index (κ2) is 7.12. The maximum Gasteiger partial charge on any atom is 0.231 e. The molecule has 1 saturated heterocycles. The summed E-state index contributed by atoms with van der Waals surface area (Å²) in [7, 11) is 0. The summed E-state index contributed by atoms with van der Waals surface area (Å²) in [5, 5.41) is 9.44. The number of nitrogens with two attached hydrogens (primary N) is 2. The number of para-hydroxylation sites is 1. The van der Waals surface area contributed by atoms with E-state index in [1.807, 2.05) is 43.3 Å². The Morgan fingerprint density at radius 2 is 1.70 bits per heavy atom. The van der Waals surface area contributed by atoms with Gasteiger partial charge in [-0.15, -0.1) is 10.2 Å². The molecule has 6 nitrogen and oxygen atoms in total. The van der Waals surface area contributed by atoms with Crippen LogP contribution in [0.3, 0.4) is 0 Å². The molecule has 1 aromatic heterocycles. The molecule has 0 spiro atoms. The van der Waals surface area contributed by atoms with Gasteiger partial charge in [-0.05, 0) is 61.6 Å². The molecule has 0 radical (unpaired) electrons. The average Bonchev–Trinajstić information content (AvgIpc) is 3.06. The van der Waals surface area contributed by atoms with Crippen LogP contribution in [-0.4, -0.2) is 27.9 Å². The minimum absolute atomic E-state index is 0.415. The van der Waals surface area contributed by atoms with Crippen LogP contribution in [0.5, 0.6) is 0 Å². The predicted molar refractivity (Wildman–Crippen MR) is 111 cm³/mol. The van der Waals surface area contributed by atoms with Crippen molar-refractivity contribution in [3.63, 3.8) is 0 Å². The summed E-state index contributed by atoms with van der Waals surface area (Å²) in [5.41, 5.74) is 15.7. The zero-order valence-corrected chi connectivity index (χ0v) is 16.0. The zero-order chi connectivity index (χ0) is 19.0. The molecule has 4 N–H and O–H groups in total. The Hall–Kier alpha value is -2.73. The lowest BCUT2D eigenvalue weighted by Gasteiger charge is -2.33. The molecule has 2 heterocycles. The molecular weight excluding hydrogens is 360 g/mol. The van der Waals surface area contributed by atoms with E-state index < -0.39 is 0 Å². The number of benzene rings is 2. The zero-order valence-electron chi connectivity index (χ0n) is 15.3. The van der Waals surface area contributed by atoms with Crippen molar-refractivity contribution in [3.05, 3.63) is 58.9 Å². The van der Waals surface area contributed by atoms with Crippen LogP contribution in [0, 0.1) is 6.92 Å². The van der Waals surface area contributed by atoms with Gasteiger partial charge in [0.2, 0.25) is 5.95 Å². The van der Waals surface area contributed by atoms with Crippen molar-refractivity contribution < 1.29 is 0 Å². The van der Waals surface area contributed by atoms with Crippen LogP contribution >= 0.6 is 11.6 Å². The first-order chi connectivity index (χ1) is 13.0. The number of rotatable bonds is 3. The van der Waals surface area contributed by atoms with E-state index in [4.69, 9.17) is 23.1 Å².